The van der Waals surface area contributed by atoms with E-state index in [2.05, 4.69) is 6.08 Å². The molecule has 0 aromatic rings. The van der Waals surface area contributed by atoms with E-state index in [1.165, 1.54) is 11.1 Å². The lowest BCUT2D eigenvalue weighted by atomic mass is 9.90. The largest absolute Gasteiger partial charge is 0.459 e. The fourth-order valence-electron chi connectivity index (χ4n) is 2.75. The molecule has 0 spiro atoms. The molecule has 1 saturated heterocycles. The van der Waals surface area contributed by atoms with E-state index < -0.39 is 0 Å². The lowest BCUT2D eigenvalue weighted by Crippen LogP contribution is -2.20. The fourth-order valence-corrected chi connectivity index (χ4v) is 2.75. The minimum Gasteiger partial charge on any atom is -0.459 e. The summed E-state index contributed by atoms with van der Waals surface area (Å²) in [6.07, 6.45) is 9.39. The Hall–Kier alpha value is -1.09. The molecule has 0 amide bonds. The van der Waals surface area contributed by atoms with Crippen molar-refractivity contribution in [1.29, 1.82) is 0 Å². The van der Waals surface area contributed by atoms with Crippen LogP contribution in [0.15, 0.2) is 23.3 Å². The van der Waals surface area contributed by atoms with Crippen molar-refractivity contribution < 1.29 is 14.3 Å². The number of carbonyl (C=O) groups excluding carboxylic acids is 1. The first-order chi connectivity index (χ1) is 8.16. The van der Waals surface area contributed by atoms with Gasteiger partial charge < -0.3 is 9.47 Å². The molecule has 2 bridgehead atoms. The lowest BCUT2D eigenvalue weighted by molar-refractivity contribution is -0.139. The minimum absolute atomic E-state index is 0.210. The number of epoxide rings is 1. The Balaban J connectivity index is 1.80. The van der Waals surface area contributed by atoms with Gasteiger partial charge in [-0.25, -0.2) is 4.79 Å². The highest BCUT2D eigenvalue weighted by Gasteiger charge is 2.52. The molecule has 3 rings (SSSR count). The van der Waals surface area contributed by atoms with Gasteiger partial charge in [0.05, 0.1) is 6.10 Å². The fraction of sp³-hybridized carbons (Fsp3) is 0.643. The second-order valence-electron chi connectivity index (χ2n) is 5.45. The number of esters is 1. The molecule has 0 radical (unpaired) electrons. The van der Waals surface area contributed by atoms with Crippen LogP contribution in [0, 0.1) is 0 Å². The number of fused-ring (bicyclic) bond motifs is 3. The van der Waals surface area contributed by atoms with Crippen LogP contribution in [0.25, 0.3) is 0 Å². The molecular weight excluding hydrogens is 216 g/mol. The molecule has 1 aliphatic carbocycles. The van der Waals surface area contributed by atoms with Crippen LogP contribution in [0.4, 0.5) is 0 Å². The zero-order valence-electron chi connectivity index (χ0n) is 10.2. The van der Waals surface area contributed by atoms with Crippen molar-refractivity contribution in [2.45, 2.75) is 50.7 Å². The normalized spacial score (nSPS) is 40.1. The summed E-state index contributed by atoms with van der Waals surface area (Å²) in [4.78, 5) is 11.6. The van der Waals surface area contributed by atoms with Crippen LogP contribution in [0.5, 0.6) is 0 Å². The van der Waals surface area contributed by atoms with E-state index in [0.29, 0.717) is 6.61 Å². The van der Waals surface area contributed by atoms with E-state index in [9.17, 15) is 4.79 Å². The minimum atomic E-state index is -0.229. The number of allylic oxidation sites excluding steroid dienone is 3. The van der Waals surface area contributed by atoms with Crippen LogP contribution in [-0.2, 0) is 14.3 Å². The maximum absolute atomic E-state index is 11.6. The number of carbonyl (C=O) groups is 1. The number of cyclic esters (lactones) is 1. The maximum atomic E-state index is 11.6. The smallest absolute Gasteiger partial charge is 0.330 e. The molecule has 3 heteroatoms. The van der Waals surface area contributed by atoms with Crippen molar-refractivity contribution in [3.63, 3.8) is 0 Å². The van der Waals surface area contributed by atoms with Crippen LogP contribution in [-0.4, -0.2) is 24.3 Å². The predicted octanol–water partition coefficient (Wildman–Crippen LogP) is 2.52. The zero-order chi connectivity index (χ0) is 11.9. The first-order valence-electron chi connectivity index (χ1n) is 6.38. The average molecular weight is 234 g/mol. The highest BCUT2D eigenvalue weighted by Crippen LogP contribution is 2.41. The number of hydrogen-bond donors (Lipinski definition) is 0. The summed E-state index contributed by atoms with van der Waals surface area (Å²) < 4.78 is 10.9. The second-order valence-corrected chi connectivity index (χ2v) is 5.45. The summed E-state index contributed by atoms with van der Waals surface area (Å²) >= 11 is 0. The summed E-state index contributed by atoms with van der Waals surface area (Å²) in [5.74, 6) is -0.210. The highest BCUT2D eigenvalue weighted by atomic mass is 16.6. The Kier molecular flexibility index (Phi) is 2.58. The van der Waals surface area contributed by atoms with Gasteiger partial charge in [-0.3, -0.25) is 0 Å². The Morgan fingerprint density at radius 3 is 3.12 bits per heavy atom. The van der Waals surface area contributed by atoms with Crippen molar-refractivity contribution in [3.8, 4) is 0 Å². The van der Waals surface area contributed by atoms with Gasteiger partial charge in [0.15, 0.2) is 0 Å². The van der Waals surface area contributed by atoms with Crippen LogP contribution >= 0.6 is 0 Å². The number of hydrogen-bond acceptors (Lipinski definition) is 3. The van der Waals surface area contributed by atoms with Crippen molar-refractivity contribution in [2.75, 3.05) is 6.61 Å². The topological polar surface area (TPSA) is 38.8 Å². The van der Waals surface area contributed by atoms with E-state index in [4.69, 9.17) is 9.47 Å². The predicted molar refractivity (Wildman–Crippen MR) is 63.5 cm³/mol. The number of ether oxygens (including phenoxy) is 2. The van der Waals surface area contributed by atoms with E-state index >= 15 is 0 Å². The van der Waals surface area contributed by atoms with Crippen molar-refractivity contribution >= 4 is 5.97 Å². The highest BCUT2D eigenvalue weighted by molar-refractivity contribution is 5.83. The lowest BCUT2D eigenvalue weighted by Gasteiger charge is -2.15. The number of rotatable bonds is 0. The SMILES string of the molecule is CC12COC(=O)/C=C3/CCC=C(CCC1O2)C3. The average Bonchev–Trinajstić information content (AvgIpc) is 2.96. The van der Waals surface area contributed by atoms with Gasteiger partial charge >= 0.3 is 5.97 Å². The Labute approximate surface area is 101 Å². The Morgan fingerprint density at radius 2 is 2.24 bits per heavy atom. The van der Waals surface area contributed by atoms with Gasteiger partial charge in [-0.05, 0) is 39.0 Å². The standard InChI is InChI=1S/C14H18O3/c1-14-9-16-13(15)8-11-4-2-3-10(7-11)5-6-12(14)17-14/h3,8,12H,2,4-7,9H2,1H3/b11-8-. The van der Waals surface area contributed by atoms with Gasteiger partial charge in [0.1, 0.15) is 12.2 Å². The molecule has 92 valence electrons. The molecule has 2 unspecified atom stereocenters. The third kappa shape index (κ3) is 2.29. The van der Waals surface area contributed by atoms with Crippen LogP contribution in [0.1, 0.15) is 39.0 Å². The molecule has 3 aliphatic rings. The molecule has 0 aromatic carbocycles. The van der Waals surface area contributed by atoms with Gasteiger partial charge in [0, 0.05) is 6.08 Å². The molecule has 0 saturated carbocycles. The van der Waals surface area contributed by atoms with Gasteiger partial charge in [-0.1, -0.05) is 17.2 Å². The van der Waals surface area contributed by atoms with Crippen molar-refractivity contribution in [3.05, 3.63) is 23.3 Å². The summed E-state index contributed by atoms with van der Waals surface area (Å²) in [7, 11) is 0. The summed E-state index contributed by atoms with van der Waals surface area (Å²) in [5.41, 5.74) is 2.44. The van der Waals surface area contributed by atoms with Crippen molar-refractivity contribution in [1.82, 2.24) is 0 Å². The molecule has 0 N–H and O–H groups in total. The van der Waals surface area contributed by atoms with Crippen molar-refractivity contribution in [2.24, 2.45) is 0 Å². The Bertz CT molecular complexity index is 408. The molecule has 2 aliphatic heterocycles. The van der Waals surface area contributed by atoms with E-state index in [0.717, 1.165) is 32.1 Å². The monoisotopic (exact) mass is 234 g/mol. The van der Waals surface area contributed by atoms with Gasteiger partial charge in [-0.2, -0.15) is 0 Å². The zero-order valence-corrected chi connectivity index (χ0v) is 10.2. The van der Waals surface area contributed by atoms with E-state index in [1.54, 1.807) is 6.08 Å². The van der Waals surface area contributed by atoms with Gasteiger partial charge in [0.25, 0.3) is 0 Å². The molecule has 1 fully saturated rings. The summed E-state index contributed by atoms with van der Waals surface area (Å²) in [5, 5.41) is 0. The summed E-state index contributed by atoms with van der Waals surface area (Å²) in [6, 6.07) is 0. The molecular formula is C14H18O3. The molecule has 2 atom stereocenters. The maximum Gasteiger partial charge on any atom is 0.330 e. The summed E-state index contributed by atoms with van der Waals surface area (Å²) in [6.45, 7) is 2.41. The third-order valence-corrected chi connectivity index (χ3v) is 3.94. The third-order valence-electron chi connectivity index (χ3n) is 3.94. The van der Waals surface area contributed by atoms with Gasteiger partial charge in [0.2, 0.25) is 0 Å². The molecule has 17 heavy (non-hydrogen) atoms. The quantitative estimate of drug-likeness (QED) is 0.367. The molecule has 0 aromatic heterocycles. The van der Waals surface area contributed by atoms with Crippen LogP contribution < -0.4 is 0 Å². The first-order valence-corrected chi connectivity index (χ1v) is 6.38. The first kappa shape index (κ1) is 11.0. The van der Waals surface area contributed by atoms with Gasteiger partial charge in [-0.15, -0.1) is 0 Å². The van der Waals surface area contributed by atoms with E-state index in [1.807, 2.05) is 6.92 Å². The molecule has 2 heterocycles. The van der Waals surface area contributed by atoms with Crippen LogP contribution in [0.3, 0.4) is 0 Å². The molecule has 3 nitrogen and oxygen atoms in total. The Morgan fingerprint density at radius 1 is 1.35 bits per heavy atom. The van der Waals surface area contributed by atoms with Crippen LogP contribution in [0.2, 0.25) is 0 Å². The van der Waals surface area contributed by atoms with E-state index in [-0.39, 0.29) is 17.7 Å². The second kappa shape index (κ2) is 3.98.